The molecule has 3 rings (SSSR count). The molecule has 2 aliphatic rings. The monoisotopic (exact) mass is 253 g/mol. The highest BCUT2D eigenvalue weighted by molar-refractivity contribution is 7.10. The topological polar surface area (TPSA) is 55.5 Å². The highest BCUT2D eigenvalue weighted by Crippen LogP contribution is 2.56. The van der Waals surface area contributed by atoms with Gasteiger partial charge in [-0.25, -0.2) is 0 Å². The first-order chi connectivity index (χ1) is 8.10. The molecule has 0 saturated carbocycles. The minimum absolute atomic E-state index is 0.120. The summed E-state index contributed by atoms with van der Waals surface area (Å²) in [6.07, 6.45) is 3.46. The average Bonchev–Trinajstić information content (AvgIpc) is 3.04. The molecule has 0 spiro atoms. The molecule has 3 N–H and O–H groups in total. The average molecular weight is 253 g/mol. The molecule has 1 aromatic heterocycles. The fourth-order valence-electron chi connectivity index (χ4n) is 3.53. The van der Waals surface area contributed by atoms with Gasteiger partial charge >= 0.3 is 0 Å². The third kappa shape index (κ3) is 1.45. The lowest BCUT2D eigenvalue weighted by Gasteiger charge is -2.45. The Morgan fingerprint density at radius 3 is 2.94 bits per heavy atom. The summed E-state index contributed by atoms with van der Waals surface area (Å²) in [5, 5.41) is 13.0. The van der Waals surface area contributed by atoms with E-state index in [1.165, 1.54) is 0 Å². The van der Waals surface area contributed by atoms with Gasteiger partial charge in [-0.1, -0.05) is 6.07 Å². The summed E-state index contributed by atoms with van der Waals surface area (Å²) < 4.78 is 5.93. The van der Waals surface area contributed by atoms with E-state index in [9.17, 15) is 5.11 Å². The fourth-order valence-corrected chi connectivity index (χ4v) is 4.42. The van der Waals surface area contributed by atoms with Crippen LogP contribution in [0.1, 0.15) is 31.1 Å². The van der Waals surface area contributed by atoms with E-state index in [-0.39, 0.29) is 11.5 Å². The molecule has 2 bridgehead atoms. The van der Waals surface area contributed by atoms with Crippen LogP contribution in [0.2, 0.25) is 0 Å². The Labute approximate surface area is 106 Å². The Hall–Kier alpha value is -0.420. The number of aliphatic hydroxyl groups is 1. The molecule has 2 fully saturated rings. The zero-order chi connectivity index (χ0) is 12.1. The molecule has 0 amide bonds. The highest BCUT2D eigenvalue weighted by Gasteiger charge is 2.61. The predicted octanol–water partition coefficient (Wildman–Crippen LogP) is 1.85. The highest BCUT2D eigenvalue weighted by atomic mass is 32.1. The van der Waals surface area contributed by atoms with E-state index in [1.807, 2.05) is 24.4 Å². The number of nitrogens with two attached hydrogens (primary N) is 1. The van der Waals surface area contributed by atoms with E-state index in [1.54, 1.807) is 11.3 Å². The normalized spacial score (nSPS) is 39.5. The molecule has 3 nitrogen and oxygen atoms in total. The molecule has 4 heteroatoms. The summed E-state index contributed by atoms with van der Waals surface area (Å²) in [7, 11) is 0. The first-order valence-electron chi connectivity index (χ1n) is 6.22. The van der Waals surface area contributed by atoms with E-state index >= 15 is 0 Å². The van der Waals surface area contributed by atoms with Crippen molar-refractivity contribution in [3.63, 3.8) is 0 Å². The SMILES string of the molecule is CC(O)(c1cccs1)C1(CN)CC2CCC1O2. The number of thiophene rings is 1. The van der Waals surface area contributed by atoms with Gasteiger partial charge in [0.25, 0.3) is 0 Å². The van der Waals surface area contributed by atoms with Gasteiger partial charge in [0.1, 0.15) is 5.60 Å². The van der Waals surface area contributed by atoms with E-state index in [2.05, 4.69) is 0 Å². The van der Waals surface area contributed by atoms with Crippen LogP contribution in [0.15, 0.2) is 17.5 Å². The Balaban J connectivity index is 2.01. The lowest BCUT2D eigenvalue weighted by atomic mass is 9.63. The second-order valence-corrected chi connectivity index (χ2v) is 6.39. The minimum Gasteiger partial charge on any atom is -0.384 e. The van der Waals surface area contributed by atoms with Crippen molar-refractivity contribution in [3.05, 3.63) is 22.4 Å². The molecule has 94 valence electrons. The second kappa shape index (κ2) is 3.79. The second-order valence-electron chi connectivity index (χ2n) is 5.44. The van der Waals surface area contributed by atoms with Crippen LogP contribution in [0.5, 0.6) is 0 Å². The number of hydrogen-bond donors (Lipinski definition) is 2. The van der Waals surface area contributed by atoms with Gasteiger partial charge in [-0.2, -0.15) is 0 Å². The van der Waals surface area contributed by atoms with Crippen molar-refractivity contribution >= 4 is 11.3 Å². The Morgan fingerprint density at radius 2 is 2.47 bits per heavy atom. The van der Waals surface area contributed by atoms with Gasteiger partial charge in [0.05, 0.1) is 12.2 Å². The summed E-state index contributed by atoms with van der Waals surface area (Å²) in [6, 6.07) is 3.97. The van der Waals surface area contributed by atoms with Gasteiger partial charge in [-0.05, 0) is 37.6 Å². The van der Waals surface area contributed by atoms with Gasteiger partial charge in [0, 0.05) is 16.8 Å². The maximum absolute atomic E-state index is 11.0. The van der Waals surface area contributed by atoms with Crippen molar-refractivity contribution in [2.75, 3.05) is 6.54 Å². The van der Waals surface area contributed by atoms with Crippen LogP contribution in [0, 0.1) is 5.41 Å². The maximum atomic E-state index is 11.0. The van der Waals surface area contributed by atoms with E-state index in [0.29, 0.717) is 12.6 Å². The maximum Gasteiger partial charge on any atom is 0.105 e. The molecule has 4 atom stereocenters. The Kier molecular flexibility index (Phi) is 2.60. The first-order valence-corrected chi connectivity index (χ1v) is 7.10. The van der Waals surface area contributed by atoms with Crippen LogP contribution in [0.25, 0.3) is 0 Å². The van der Waals surface area contributed by atoms with Crippen LogP contribution in [-0.2, 0) is 10.3 Å². The van der Waals surface area contributed by atoms with Gasteiger partial charge in [-0.15, -0.1) is 11.3 Å². The van der Waals surface area contributed by atoms with Crippen LogP contribution in [0.4, 0.5) is 0 Å². The largest absolute Gasteiger partial charge is 0.384 e. The number of fused-ring (bicyclic) bond motifs is 2. The van der Waals surface area contributed by atoms with Crippen LogP contribution in [0.3, 0.4) is 0 Å². The predicted molar refractivity (Wildman–Crippen MR) is 67.9 cm³/mol. The van der Waals surface area contributed by atoms with Gasteiger partial charge in [0.2, 0.25) is 0 Å². The fraction of sp³-hybridized carbons (Fsp3) is 0.692. The Bertz CT molecular complexity index is 404. The summed E-state index contributed by atoms with van der Waals surface area (Å²) in [5.74, 6) is 0. The molecular weight excluding hydrogens is 234 g/mol. The summed E-state index contributed by atoms with van der Waals surface area (Å²) in [5.41, 5.74) is 4.83. The van der Waals surface area contributed by atoms with Crippen molar-refractivity contribution in [2.45, 2.75) is 44.0 Å². The van der Waals surface area contributed by atoms with Crippen molar-refractivity contribution in [1.82, 2.24) is 0 Å². The molecule has 2 saturated heterocycles. The van der Waals surface area contributed by atoms with Gasteiger partial charge < -0.3 is 15.6 Å². The number of rotatable bonds is 3. The van der Waals surface area contributed by atoms with E-state index in [0.717, 1.165) is 24.1 Å². The third-order valence-electron chi connectivity index (χ3n) is 4.65. The lowest BCUT2D eigenvalue weighted by molar-refractivity contribution is -0.102. The molecule has 0 aliphatic carbocycles. The third-order valence-corrected chi connectivity index (χ3v) is 5.73. The van der Waals surface area contributed by atoms with Crippen molar-refractivity contribution in [3.8, 4) is 0 Å². The van der Waals surface area contributed by atoms with Crippen molar-refractivity contribution in [2.24, 2.45) is 11.1 Å². The van der Waals surface area contributed by atoms with Gasteiger partial charge in [0.15, 0.2) is 0 Å². The van der Waals surface area contributed by atoms with Crippen LogP contribution < -0.4 is 5.73 Å². The van der Waals surface area contributed by atoms with Crippen molar-refractivity contribution < 1.29 is 9.84 Å². The summed E-state index contributed by atoms with van der Waals surface area (Å²) in [4.78, 5) is 0.999. The Morgan fingerprint density at radius 1 is 1.65 bits per heavy atom. The lowest BCUT2D eigenvalue weighted by Crippen LogP contribution is -2.54. The van der Waals surface area contributed by atoms with Crippen LogP contribution >= 0.6 is 11.3 Å². The molecule has 1 aromatic rings. The molecular formula is C13H19NO2S. The summed E-state index contributed by atoms with van der Waals surface area (Å²) >= 11 is 1.60. The summed E-state index contributed by atoms with van der Waals surface area (Å²) in [6.45, 7) is 2.38. The minimum atomic E-state index is -0.879. The number of ether oxygens (including phenoxy) is 1. The zero-order valence-electron chi connectivity index (χ0n) is 10.1. The molecule has 4 unspecified atom stereocenters. The first kappa shape index (κ1) is 11.7. The molecule has 17 heavy (non-hydrogen) atoms. The standard InChI is InChI=1S/C13H19NO2S/c1-12(15,11-3-2-6-17-11)13(8-14)7-9-4-5-10(13)16-9/h2-3,6,9-10,15H,4-5,7-8,14H2,1H3. The molecule has 3 heterocycles. The molecule has 2 aliphatic heterocycles. The van der Waals surface area contributed by atoms with E-state index in [4.69, 9.17) is 10.5 Å². The van der Waals surface area contributed by atoms with Gasteiger partial charge in [-0.3, -0.25) is 0 Å². The van der Waals surface area contributed by atoms with Crippen LogP contribution in [-0.4, -0.2) is 23.9 Å². The zero-order valence-corrected chi connectivity index (χ0v) is 10.9. The molecule has 0 aromatic carbocycles. The molecule has 0 radical (unpaired) electrons. The van der Waals surface area contributed by atoms with Crippen molar-refractivity contribution in [1.29, 1.82) is 0 Å². The quantitative estimate of drug-likeness (QED) is 0.864. The smallest absolute Gasteiger partial charge is 0.105 e. The van der Waals surface area contributed by atoms with E-state index < -0.39 is 5.60 Å². The number of hydrogen-bond acceptors (Lipinski definition) is 4.